The number of benzene rings is 3. The second kappa shape index (κ2) is 9.42. The smallest absolute Gasteiger partial charge is 0.205 e. The van der Waals surface area contributed by atoms with E-state index in [-0.39, 0.29) is 17.3 Å². The molecule has 3 aliphatic carbocycles. The number of aryl methyl sites for hydroxylation is 1. The van der Waals surface area contributed by atoms with Gasteiger partial charge in [-0.1, -0.05) is 55.5 Å². The Morgan fingerprint density at radius 2 is 1.67 bits per heavy atom. The maximum Gasteiger partial charge on any atom is 0.205 e. The highest BCUT2D eigenvalue weighted by atomic mass is 32.1. The lowest BCUT2D eigenvalue weighted by atomic mass is 9.55. The van der Waals surface area contributed by atoms with Crippen molar-refractivity contribution in [2.24, 2.45) is 17.3 Å². The summed E-state index contributed by atoms with van der Waals surface area (Å²) in [6, 6.07) is 26.6. The topological polar surface area (TPSA) is 58.3 Å². The molecular weight excluding hydrogens is 500 g/mol. The van der Waals surface area contributed by atoms with Gasteiger partial charge in [-0.15, -0.1) is 0 Å². The van der Waals surface area contributed by atoms with E-state index in [1.54, 1.807) is 0 Å². The normalized spacial score (nSPS) is 27.4. The average molecular weight is 535 g/mol. The fourth-order valence-electron chi connectivity index (χ4n) is 8.05. The Balaban J connectivity index is 1.35. The van der Waals surface area contributed by atoms with Crippen molar-refractivity contribution >= 4 is 12.2 Å². The zero-order valence-corrected chi connectivity index (χ0v) is 23.1. The largest absolute Gasteiger partial charge is 0.507 e. The van der Waals surface area contributed by atoms with Crippen LogP contribution in [0, 0.1) is 22.0 Å². The van der Waals surface area contributed by atoms with Crippen LogP contribution < -0.4 is 0 Å². The highest BCUT2D eigenvalue weighted by Gasteiger charge is 2.54. The SMILES string of the molecule is C[C@]12CC[C@@H]3c4cc(-c5cc(-c6ccccc6)n(-c6ccccc6)c(=S)n5)c(O)cc4CC[C@H]3[C@@H]1CC[C@@H]2O. The number of aromatic hydroxyl groups is 1. The minimum Gasteiger partial charge on any atom is -0.507 e. The van der Waals surface area contributed by atoms with Crippen molar-refractivity contribution in [3.05, 3.63) is 94.8 Å². The summed E-state index contributed by atoms with van der Waals surface area (Å²) in [5.41, 5.74) is 7.06. The van der Waals surface area contributed by atoms with Crippen molar-refractivity contribution in [2.75, 3.05) is 0 Å². The molecule has 0 bridgehead atoms. The van der Waals surface area contributed by atoms with Crippen LogP contribution in [0.1, 0.15) is 56.1 Å². The first-order valence-corrected chi connectivity index (χ1v) is 14.6. The molecule has 5 atom stereocenters. The van der Waals surface area contributed by atoms with Crippen molar-refractivity contribution in [1.29, 1.82) is 0 Å². The Labute approximate surface area is 235 Å². The Morgan fingerprint density at radius 1 is 0.923 bits per heavy atom. The minimum absolute atomic E-state index is 0.0479. The van der Waals surface area contributed by atoms with E-state index in [1.807, 2.05) is 59.2 Å². The highest BCUT2D eigenvalue weighted by Crippen LogP contribution is 2.61. The molecule has 0 unspecified atom stereocenters. The van der Waals surface area contributed by atoms with Gasteiger partial charge < -0.3 is 10.2 Å². The third-order valence-electron chi connectivity index (χ3n) is 10.1. The van der Waals surface area contributed by atoms with E-state index < -0.39 is 0 Å². The van der Waals surface area contributed by atoms with E-state index in [9.17, 15) is 10.2 Å². The molecule has 2 saturated carbocycles. The molecule has 2 fully saturated rings. The van der Waals surface area contributed by atoms with Crippen molar-refractivity contribution in [3.63, 3.8) is 0 Å². The van der Waals surface area contributed by atoms with Crippen LogP contribution in [0.25, 0.3) is 28.2 Å². The van der Waals surface area contributed by atoms with Crippen LogP contribution in [0.4, 0.5) is 0 Å². The molecular formula is C34H34N2O2S. The molecule has 4 nitrogen and oxygen atoms in total. The standard InChI is InChI=1S/C34H34N2O2S/c1-34-17-16-24-25(28(34)14-15-32(34)38)13-12-22-18-31(37)27(19-26(22)24)29-20-30(21-8-4-2-5-9-21)36(33(39)35-29)23-10-6-3-7-11-23/h2-11,18-20,24-25,28,32,37-38H,12-17H2,1H3/t24-,25+,28-,32-,34-/m0/s1. The maximum absolute atomic E-state index is 11.3. The van der Waals surface area contributed by atoms with Crippen LogP contribution >= 0.6 is 12.2 Å². The van der Waals surface area contributed by atoms with E-state index in [0.717, 1.165) is 61.0 Å². The molecule has 0 aliphatic heterocycles. The number of aliphatic hydroxyl groups excluding tert-OH is 1. The molecule has 2 N–H and O–H groups in total. The summed E-state index contributed by atoms with van der Waals surface area (Å²) in [7, 11) is 0. The monoisotopic (exact) mass is 534 g/mol. The minimum atomic E-state index is -0.174. The number of aliphatic hydroxyl groups is 1. The molecule has 4 aromatic rings. The zero-order valence-electron chi connectivity index (χ0n) is 22.3. The second-order valence-corrected chi connectivity index (χ2v) is 12.3. The molecule has 5 heteroatoms. The Hall–Kier alpha value is -3.28. The van der Waals surface area contributed by atoms with Gasteiger partial charge in [-0.2, -0.15) is 0 Å². The van der Waals surface area contributed by atoms with E-state index >= 15 is 0 Å². The summed E-state index contributed by atoms with van der Waals surface area (Å²) < 4.78 is 2.47. The summed E-state index contributed by atoms with van der Waals surface area (Å²) >= 11 is 5.89. The quantitative estimate of drug-likeness (QED) is 0.263. The summed E-state index contributed by atoms with van der Waals surface area (Å²) in [5.74, 6) is 1.89. The third-order valence-corrected chi connectivity index (χ3v) is 10.3. The summed E-state index contributed by atoms with van der Waals surface area (Å²) in [6.07, 6.45) is 6.14. The first-order chi connectivity index (χ1) is 18.9. The number of hydrogen-bond acceptors (Lipinski definition) is 4. The van der Waals surface area contributed by atoms with Gasteiger partial charge in [0, 0.05) is 11.3 Å². The number of phenols is 1. The molecule has 39 heavy (non-hydrogen) atoms. The van der Waals surface area contributed by atoms with Crippen molar-refractivity contribution in [3.8, 4) is 34.0 Å². The van der Waals surface area contributed by atoms with E-state index in [2.05, 4.69) is 31.2 Å². The van der Waals surface area contributed by atoms with Gasteiger partial charge >= 0.3 is 0 Å². The number of hydrogen-bond donors (Lipinski definition) is 2. The summed E-state index contributed by atoms with van der Waals surface area (Å²) in [4.78, 5) is 4.88. The first-order valence-electron chi connectivity index (χ1n) is 14.2. The predicted octanol–water partition coefficient (Wildman–Crippen LogP) is 7.86. The van der Waals surface area contributed by atoms with Crippen molar-refractivity contribution in [2.45, 2.75) is 57.5 Å². The van der Waals surface area contributed by atoms with Gasteiger partial charge in [-0.3, -0.25) is 4.57 Å². The van der Waals surface area contributed by atoms with Gasteiger partial charge in [0.05, 0.1) is 17.5 Å². The number of fused-ring (bicyclic) bond motifs is 5. The number of phenolic OH excluding ortho intramolecular Hbond substituents is 1. The van der Waals surface area contributed by atoms with Gasteiger partial charge in [0.15, 0.2) is 0 Å². The molecule has 1 heterocycles. The second-order valence-electron chi connectivity index (χ2n) is 12.0. The van der Waals surface area contributed by atoms with E-state index in [0.29, 0.717) is 28.2 Å². The van der Waals surface area contributed by atoms with Crippen LogP contribution in [-0.2, 0) is 6.42 Å². The molecule has 3 aromatic carbocycles. The molecule has 7 rings (SSSR count). The number of nitrogens with zero attached hydrogens (tertiary/aromatic N) is 2. The van der Waals surface area contributed by atoms with Crippen LogP contribution in [0.15, 0.2) is 78.9 Å². The number of rotatable bonds is 3. The third kappa shape index (κ3) is 3.97. The molecule has 1 aromatic heterocycles. The van der Waals surface area contributed by atoms with Gasteiger partial charge in [0.1, 0.15) is 5.75 Å². The molecule has 0 amide bonds. The Morgan fingerprint density at radius 3 is 2.44 bits per heavy atom. The van der Waals surface area contributed by atoms with Crippen LogP contribution in [0.5, 0.6) is 5.75 Å². The predicted molar refractivity (Wildman–Crippen MR) is 158 cm³/mol. The Bertz CT molecular complexity index is 1600. The maximum atomic E-state index is 11.3. The van der Waals surface area contributed by atoms with Crippen LogP contribution in [-0.4, -0.2) is 25.9 Å². The molecule has 0 spiro atoms. The summed E-state index contributed by atoms with van der Waals surface area (Å²) in [6.45, 7) is 2.31. The van der Waals surface area contributed by atoms with E-state index in [1.165, 1.54) is 11.1 Å². The summed E-state index contributed by atoms with van der Waals surface area (Å²) in [5, 5.41) is 22.1. The fraction of sp³-hybridized carbons (Fsp3) is 0.353. The number of aromatic nitrogens is 2. The Kier molecular flexibility index (Phi) is 5.98. The van der Waals surface area contributed by atoms with Gasteiger partial charge in [-0.05, 0) is 121 Å². The highest BCUT2D eigenvalue weighted by molar-refractivity contribution is 7.71. The molecule has 198 valence electrons. The molecule has 0 saturated heterocycles. The van der Waals surface area contributed by atoms with E-state index in [4.69, 9.17) is 17.2 Å². The lowest BCUT2D eigenvalue weighted by Gasteiger charge is -2.50. The van der Waals surface area contributed by atoms with Gasteiger partial charge in [-0.25, -0.2) is 4.98 Å². The van der Waals surface area contributed by atoms with Crippen molar-refractivity contribution < 1.29 is 10.2 Å². The molecule has 3 aliphatic rings. The van der Waals surface area contributed by atoms with Gasteiger partial charge in [0.25, 0.3) is 0 Å². The zero-order chi connectivity index (χ0) is 26.7. The van der Waals surface area contributed by atoms with Crippen molar-refractivity contribution in [1.82, 2.24) is 9.55 Å². The lowest BCUT2D eigenvalue weighted by molar-refractivity contribution is -0.0226. The van der Waals surface area contributed by atoms with Crippen LogP contribution in [0.2, 0.25) is 0 Å². The molecule has 0 radical (unpaired) electrons. The van der Waals surface area contributed by atoms with Gasteiger partial charge in [0.2, 0.25) is 4.77 Å². The lowest BCUT2D eigenvalue weighted by Crippen LogP contribution is -2.43. The first kappa shape index (κ1) is 24.7. The fourth-order valence-corrected chi connectivity index (χ4v) is 8.36. The van der Waals surface area contributed by atoms with Crippen LogP contribution in [0.3, 0.4) is 0 Å². The number of para-hydroxylation sites is 1. The average Bonchev–Trinajstić information content (AvgIpc) is 3.27.